The predicted molar refractivity (Wildman–Crippen MR) is 115 cm³/mol. The van der Waals surface area contributed by atoms with E-state index in [9.17, 15) is 4.79 Å². The fraction of sp³-hybridized carbons (Fsp3) is 0.696. The van der Waals surface area contributed by atoms with Gasteiger partial charge in [-0.25, -0.2) is 0 Å². The summed E-state index contributed by atoms with van der Waals surface area (Å²) in [7, 11) is 0. The van der Waals surface area contributed by atoms with Crippen LogP contribution in [0.3, 0.4) is 0 Å². The number of piperidine rings is 1. The van der Waals surface area contributed by atoms with E-state index in [0.29, 0.717) is 25.7 Å². The van der Waals surface area contributed by atoms with Gasteiger partial charge in [0.1, 0.15) is 18.0 Å². The Morgan fingerprint density at radius 1 is 1.18 bits per heavy atom. The highest BCUT2D eigenvalue weighted by Gasteiger charge is 2.33. The zero-order valence-electron chi connectivity index (χ0n) is 18.1. The van der Waals surface area contributed by atoms with Crippen LogP contribution in [0.2, 0.25) is 0 Å². The molecule has 0 saturated carbocycles. The quantitative estimate of drug-likeness (QED) is 0.586. The molecule has 0 bridgehead atoms. The Morgan fingerprint density at radius 2 is 1.93 bits per heavy atom. The predicted octanol–water partition coefficient (Wildman–Crippen LogP) is 4.86. The van der Waals surface area contributed by atoms with E-state index >= 15 is 0 Å². The standard InChI is InChI=1S/C23H38N2O3/c1-5-14-23(4,28-17-6-2)22(26)24-20-10-12-21(13-11-20)27-18-16-25-15-8-7-9-19(25)3/h10-13,19H,5-9,14-18H2,1-4H3,(H,24,26)/t19-,23-/m1/s1. The molecule has 0 radical (unpaired) electrons. The first-order valence-electron chi connectivity index (χ1n) is 10.9. The molecule has 5 nitrogen and oxygen atoms in total. The molecule has 0 aliphatic carbocycles. The number of ether oxygens (including phenoxy) is 2. The van der Waals surface area contributed by atoms with E-state index in [4.69, 9.17) is 9.47 Å². The molecular weight excluding hydrogens is 352 g/mol. The van der Waals surface area contributed by atoms with Gasteiger partial charge in [-0.1, -0.05) is 26.7 Å². The van der Waals surface area contributed by atoms with Gasteiger partial charge in [0.2, 0.25) is 0 Å². The van der Waals surface area contributed by atoms with Gasteiger partial charge in [-0.15, -0.1) is 0 Å². The van der Waals surface area contributed by atoms with Crippen molar-refractivity contribution >= 4 is 11.6 Å². The van der Waals surface area contributed by atoms with Gasteiger partial charge < -0.3 is 14.8 Å². The maximum absolute atomic E-state index is 12.7. The Hall–Kier alpha value is -1.59. The first kappa shape index (κ1) is 22.7. The van der Waals surface area contributed by atoms with Crippen molar-refractivity contribution in [1.29, 1.82) is 0 Å². The minimum Gasteiger partial charge on any atom is -0.492 e. The lowest BCUT2D eigenvalue weighted by molar-refractivity contribution is -0.140. The van der Waals surface area contributed by atoms with Crippen molar-refractivity contribution in [2.24, 2.45) is 0 Å². The molecule has 158 valence electrons. The third-order valence-corrected chi connectivity index (χ3v) is 5.53. The lowest BCUT2D eigenvalue weighted by atomic mass is 9.99. The Bertz CT molecular complexity index is 590. The van der Waals surface area contributed by atoms with E-state index in [1.807, 2.05) is 31.2 Å². The molecule has 1 fully saturated rings. The van der Waals surface area contributed by atoms with Crippen molar-refractivity contribution in [1.82, 2.24) is 4.90 Å². The number of anilines is 1. The maximum atomic E-state index is 12.7. The fourth-order valence-electron chi connectivity index (χ4n) is 3.72. The molecule has 1 aromatic carbocycles. The topological polar surface area (TPSA) is 50.8 Å². The first-order valence-corrected chi connectivity index (χ1v) is 10.9. The van der Waals surface area contributed by atoms with Crippen LogP contribution in [0.25, 0.3) is 0 Å². The molecule has 0 aromatic heterocycles. The van der Waals surface area contributed by atoms with Crippen LogP contribution in [0.4, 0.5) is 5.69 Å². The van der Waals surface area contributed by atoms with Gasteiger partial charge in [-0.3, -0.25) is 9.69 Å². The average molecular weight is 391 g/mol. The molecule has 1 amide bonds. The van der Waals surface area contributed by atoms with Crippen LogP contribution in [0, 0.1) is 0 Å². The number of carbonyl (C=O) groups excluding carboxylic acids is 1. The largest absolute Gasteiger partial charge is 0.492 e. The Balaban J connectivity index is 1.83. The highest BCUT2D eigenvalue weighted by Crippen LogP contribution is 2.23. The van der Waals surface area contributed by atoms with Crippen LogP contribution in [0.5, 0.6) is 5.75 Å². The lowest BCUT2D eigenvalue weighted by Gasteiger charge is -2.33. The summed E-state index contributed by atoms with van der Waals surface area (Å²) in [5.41, 5.74) is -0.0186. The van der Waals surface area contributed by atoms with E-state index in [-0.39, 0.29) is 5.91 Å². The lowest BCUT2D eigenvalue weighted by Crippen LogP contribution is -2.43. The number of likely N-dealkylation sites (tertiary alicyclic amines) is 1. The number of amides is 1. The van der Waals surface area contributed by atoms with Crippen molar-refractivity contribution in [3.8, 4) is 5.75 Å². The molecular formula is C23H38N2O3. The van der Waals surface area contributed by atoms with Gasteiger partial charge in [0.05, 0.1) is 0 Å². The van der Waals surface area contributed by atoms with Crippen LogP contribution in [-0.4, -0.2) is 48.8 Å². The molecule has 1 heterocycles. The highest BCUT2D eigenvalue weighted by atomic mass is 16.5. The summed E-state index contributed by atoms with van der Waals surface area (Å²) in [4.78, 5) is 15.2. The van der Waals surface area contributed by atoms with Crippen LogP contribution in [-0.2, 0) is 9.53 Å². The number of carbonyl (C=O) groups is 1. The summed E-state index contributed by atoms with van der Waals surface area (Å²) >= 11 is 0. The third kappa shape index (κ3) is 6.78. The van der Waals surface area contributed by atoms with Crippen molar-refractivity contribution in [3.63, 3.8) is 0 Å². The molecule has 1 aliphatic rings. The number of hydrogen-bond acceptors (Lipinski definition) is 4. The maximum Gasteiger partial charge on any atom is 0.256 e. The summed E-state index contributed by atoms with van der Waals surface area (Å²) in [6.45, 7) is 11.7. The first-order chi connectivity index (χ1) is 13.5. The van der Waals surface area contributed by atoms with Crippen molar-refractivity contribution in [3.05, 3.63) is 24.3 Å². The Kier molecular flexibility index (Phi) is 9.26. The molecule has 0 spiro atoms. The van der Waals surface area contributed by atoms with Gasteiger partial charge in [-0.2, -0.15) is 0 Å². The number of rotatable bonds is 11. The molecule has 5 heteroatoms. The smallest absolute Gasteiger partial charge is 0.256 e. The van der Waals surface area contributed by atoms with Crippen molar-refractivity contribution in [2.75, 3.05) is 31.6 Å². The number of nitrogens with one attached hydrogen (secondary N) is 1. The average Bonchev–Trinajstić information content (AvgIpc) is 2.69. The van der Waals surface area contributed by atoms with Crippen LogP contribution < -0.4 is 10.1 Å². The number of hydrogen-bond donors (Lipinski definition) is 1. The second-order valence-corrected chi connectivity index (χ2v) is 8.04. The van der Waals surface area contributed by atoms with Crippen molar-refractivity contribution < 1.29 is 14.3 Å². The van der Waals surface area contributed by atoms with Gasteiger partial charge in [0.25, 0.3) is 5.91 Å². The molecule has 1 aliphatic heterocycles. The number of benzene rings is 1. The van der Waals surface area contributed by atoms with E-state index in [1.165, 1.54) is 25.8 Å². The molecule has 1 N–H and O–H groups in total. The van der Waals surface area contributed by atoms with E-state index < -0.39 is 5.60 Å². The summed E-state index contributed by atoms with van der Waals surface area (Å²) < 4.78 is 11.8. The summed E-state index contributed by atoms with van der Waals surface area (Å²) in [6.07, 6.45) is 6.41. The van der Waals surface area contributed by atoms with E-state index in [2.05, 4.69) is 31.0 Å². The van der Waals surface area contributed by atoms with Crippen LogP contribution >= 0.6 is 0 Å². The molecule has 2 atom stereocenters. The highest BCUT2D eigenvalue weighted by molar-refractivity contribution is 5.97. The second-order valence-electron chi connectivity index (χ2n) is 8.04. The van der Waals surface area contributed by atoms with Gasteiger partial charge in [0, 0.05) is 24.9 Å². The normalized spacial score (nSPS) is 19.8. The van der Waals surface area contributed by atoms with Crippen molar-refractivity contribution in [2.45, 2.75) is 77.9 Å². The molecule has 1 aromatic rings. The second kappa shape index (κ2) is 11.4. The van der Waals surface area contributed by atoms with E-state index in [0.717, 1.165) is 30.8 Å². The Morgan fingerprint density at radius 3 is 2.57 bits per heavy atom. The zero-order valence-corrected chi connectivity index (χ0v) is 18.1. The summed E-state index contributed by atoms with van der Waals surface area (Å²) in [5.74, 6) is 0.747. The zero-order chi connectivity index (χ0) is 20.4. The van der Waals surface area contributed by atoms with Crippen LogP contribution in [0.1, 0.15) is 66.2 Å². The molecule has 0 unspecified atom stereocenters. The molecule has 28 heavy (non-hydrogen) atoms. The van der Waals surface area contributed by atoms with E-state index in [1.54, 1.807) is 0 Å². The minimum absolute atomic E-state index is 0.0874. The monoisotopic (exact) mass is 390 g/mol. The van der Waals surface area contributed by atoms with Gasteiger partial charge in [-0.05, 0) is 70.3 Å². The minimum atomic E-state index is -0.787. The number of nitrogens with zero attached hydrogens (tertiary/aromatic N) is 1. The van der Waals surface area contributed by atoms with Crippen LogP contribution in [0.15, 0.2) is 24.3 Å². The molecule has 2 rings (SSSR count). The fourth-order valence-corrected chi connectivity index (χ4v) is 3.72. The van der Waals surface area contributed by atoms with Gasteiger partial charge in [0.15, 0.2) is 0 Å². The summed E-state index contributed by atoms with van der Waals surface area (Å²) in [5, 5.41) is 2.99. The Labute approximate surface area is 170 Å². The summed E-state index contributed by atoms with van der Waals surface area (Å²) in [6, 6.07) is 8.27. The van der Waals surface area contributed by atoms with Gasteiger partial charge >= 0.3 is 0 Å². The third-order valence-electron chi connectivity index (χ3n) is 5.53. The molecule has 1 saturated heterocycles. The SMILES string of the molecule is CCCO[C@](C)(CCC)C(=O)Nc1ccc(OCCN2CCCC[C@H]2C)cc1.